The van der Waals surface area contributed by atoms with Crippen molar-refractivity contribution in [3.8, 4) is 10.4 Å². The summed E-state index contributed by atoms with van der Waals surface area (Å²) in [4.78, 5) is 37.2. The zero-order valence-electron chi connectivity index (χ0n) is 16.9. The average Bonchev–Trinajstić information content (AvgIpc) is 3.02. The lowest BCUT2D eigenvalue weighted by Gasteiger charge is -2.25. The van der Waals surface area contributed by atoms with Crippen molar-refractivity contribution >= 4 is 39.2 Å². The lowest BCUT2D eigenvalue weighted by Crippen LogP contribution is -2.38. The Morgan fingerprint density at radius 2 is 2.03 bits per heavy atom. The summed E-state index contributed by atoms with van der Waals surface area (Å²) in [6.07, 6.45) is 1.06. The van der Waals surface area contributed by atoms with Crippen LogP contribution in [0.25, 0.3) is 20.7 Å². The van der Waals surface area contributed by atoms with Crippen LogP contribution in [0.2, 0.25) is 5.15 Å². The number of pyridine rings is 1. The Bertz CT molecular complexity index is 1100. The molecule has 0 unspecified atom stereocenters. The summed E-state index contributed by atoms with van der Waals surface area (Å²) in [7, 11) is 0. The third-order valence-electron chi connectivity index (χ3n) is 4.05. The molecule has 3 aromatic heterocycles. The molecule has 0 bridgehead atoms. The minimum absolute atomic E-state index is 0.0137. The van der Waals surface area contributed by atoms with Crippen molar-refractivity contribution in [3.05, 3.63) is 45.7 Å². The maximum atomic E-state index is 12.7. The highest BCUT2D eigenvalue weighted by molar-refractivity contribution is 7.22. The minimum atomic E-state index is -0.621. The normalized spacial score (nSPS) is 12.9. The van der Waals surface area contributed by atoms with E-state index < -0.39 is 17.7 Å². The lowest BCUT2D eigenvalue weighted by molar-refractivity contribution is 0.0486. The molecule has 1 amide bonds. The number of carbonyl (C=O) groups is 1. The fraction of sp³-hybridized carbons (Fsp3) is 0.400. The molecule has 29 heavy (non-hydrogen) atoms. The second-order valence-electron chi connectivity index (χ2n) is 8.01. The van der Waals surface area contributed by atoms with E-state index >= 15 is 0 Å². The van der Waals surface area contributed by atoms with E-state index in [1.807, 2.05) is 26.0 Å². The van der Waals surface area contributed by atoms with Gasteiger partial charge >= 0.3 is 6.09 Å². The molecule has 3 aromatic rings. The molecule has 9 heteroatoms. The van der Waals surface area contributed by atoms with Crippen LogP contribution in [0.4, 0.5) is 4.79 Å². The summed E-state index contributed by atoms with van der Waals surface area (Å²) in [6, 6.07) is 4.91. The van der Waals surface area contributed by atoms with Crippen LogP contribution >= 0.6 is 22.9 Å². The molecule has 0 saturated carbocycles. The van der Waals surface area contributed by atoms with Crippen molar-refractivity contribution in [2.24, 2.45) is 5.92 Å². The summed E-state index contributed by atoms with van der Waals surface area (Å²) in [6.45, 7) is 9.25. The van der Waals surface area contributed by atoms with Gasteiger partial charge in [-0.25, -0.2) is 14.8 Å². The highest BCUT2D eigenvalue weighted by Gasteiger charge is 2.25. The second kappa shape index (κ2) is 8.12. The Kier molecular flexibility index (Phi) is 5.95. The van der Waals surface area contributed by atoms with Gasteiger partial charge in [-0.05, 0) is 50.5 Å². The van der Waals surface area contributed by atoms with E-state index in [1.165, 1.54) is 11.3 Å². The summed E-state index contributed by atoms with van der Waals surface area (Å²) < 4.78 is 5.86. The average molecular weight is 435 g/mol. The van der Waals surface area contributed by atoms with E-state index in [9.17, 15) is 9.59 Å². The molecule has 7 nitrogen and oxygen atoms in total. The lowest BCUT2D eigenvalue weighted by atomic mass is 10.0. The summed E-state index contributed by atoms with van der Waals surface area (Å²) in [5.74, 6) is 0.376. The number of carbonyl (C=O) groups excluding carboxylic acids is 1. The Morgan fingerprint density at radius 3 is 2.66 bits per heavy atom. The highest BCUT2D eigenvalue weighted by atomic mass is 35.5. The zero-order chi connectivity index (χ0) is 21.3. The molecule has 1 atom stereocenters. The molecule has 0 fully saturated rings. The third kappa shape index (κ3) is 5.13. The van der Waals surface area contributed by atoms with Crippen molar-refractivity contribution in [1.29, 1.82) is 0 Å². The van der Waals surface area contributed by atoms with E-state index in [0.717, 1.165) is 10.4 Å². The molecule has 0 aliphatic carbocycles. The van der Waals surface area contributed by atoms with Crippen LogP contribution in [0.5, 0.6) is 0 Å². The highest BCUT2D eigenvalue weighted by Crippen LogP contribution is 2.32. The maximum absolute atomic E-state index is 12.7. The predicted molar refractivity (Wildman–Crippen MR) is 115 cm³/mol. The maximum Gasteiger partial charge on any atom is 0.408 e. The van der Waals surface area contributed by atoms with E-state index in [1.54, 1.807) is 33.0 Å². The van der Waals surface area contributed by atoms with Gasteiger partial charge in [0.15, 0.2) is 0 Å². The number of alkyl carbamates (subject to hydrolysis) is 1. The summed E-state index contributed by atoms with van der Waals surface area (Å²) >= 11 is 7.31. The Labute approximate surface area is 177 Å². The number of H-pyrrole nitrogens is 1. The van der Waals surface area contributed by atoms with Crippen molar-refractivity contribution in [2.75, 3.05) is 0 Å². The number of nitrogens with zero attached hydrogens (tertiary/aromatic N) is 2. The van der Waals surface area contributed by atoms with E-state index in [-0.39, 0.29) is 11.5 Å². The number of aromatic amines is 1. The number of hydrogen-bond acceptors (Lipinski definition) is 6. The number of amides is 1. The van der Waals surface area contributed by atoms with Gasteiger partial charge in [0, 0.05) is 11.1 Å². The number of halogens is 1. The molecule has 3 heterocycles. The fourth-order valence-corrected chi connectivity index (χ4v) is 3.95. The van der Waals surface area contributed by atoms with Gasteiger partial charge in [0.2, 0.25) is 0 Å². The van der Waals surface area contributed by atoms with Crippen LogP contribution in [-0.2, 0) is 4.74 Å². The minimum Gasteiger partial charge on any atom is -0.444 e. The number of ether oxygens (including phenoxy) is 1. The van der Waals surface area contributed by atoms with Gasteiger partial charge in [0.25, 0.3) is 5.56 Å². The first kappa shape index (κ1) is 21.3. The molecule has 2 N–H and O–H groups in total. The Balaban J connectivity index is 1.98. The van der Waals surface area contributed by atoms with E-state index in [4.69, 9.17) is 16.3 Å². The van der Waals surface area contributed by atoms with Crippen molar-refractivity contribution < 1.29 is 9.53 Å². The van der Waals surface area contributed by atoms with Gasteiger partial charge in [-0.3, -0.25) is 4.79 Å². The van der Waals surface area contributed by atoms with Crippen molar-refractivity contribution in [2.45, 2.75) is 46.3 Å². The topological polar surface area (TPSA) is 97.0 Å². The SMILES string of the molecule is CC(C)[C@H](NC(=O)OC(C)(C)C)c1nc2cc(-c3ccnc(Cl)c3)sc2c(=O)[nH]1. The summed E-state index contributed by atoms with van der Waals surface area (Å²) in [5.41, 5.74) is 0.553. The molecular formula is C20H23ClN4O3S. The Morgan fingerprint density at radius 1 is 1.31 bits per heavy atom. The monoisotopic (exact) mass is 434 g/mol. The van der Waals surface area contributed by atoms with Crippen LogP contribution in [0, 0.1) is 5.92 Å². The van der Waals surface area contributed by atoms with E-state index in [2.05, 4.69) is 20.3 Å². The van der Waals surface area contributed by atoms with Gasteiger partial charge in [0.05, 0.1) is 11.6 Å². The molecule has 0 radical (unpaired) electrons. The summed E-state index contributed by atoms with van der Waals surface area (Å²) in [5, 5.41) is 3.19. The van der Waals surface area contributed by atoms with Crippen LogP contribution in [0.3, 0.4) is 0 Å². The predicted octanol–water partition coefficient (Wildman–Crippen LogP) is 4.92. The zero-order valence-corrected chi connectivity index (χ0v) is 18.4. The number of nitrogens with one attached hydrogen (secondary N) is 2. The molecule has 0 spiro atoms. The first-order valence-electron chi connectivity index (χ1n) is 9.18. The number of fused-ring (bicyclic) bond motifs is 1. The van der Waals surface area contributed by atoms with Gasteiger partial charge in [0.1, 0.15) is 21.3 Å². The van der Waals surface area contributed by atoms with Gasteiger partial charge in [-0.15, -0.1) is 11.3 Å². The molecular weight excluding hydrogens is 412 g/mol. The van der Waals surface area contributed by atoms with Crippen LogP contribution in [-0.4, -0.2) is 26.6 Å². The van der Waals surface area contributed by atoms with Gasteiger partial charge < -0.3 is 15.0 Å². The largest absolute Gasteiger partial charge is 0.444 e. The second-order valence-corrected chi connectivity index (χ2v) is 9.45. The molecule has 0 aromatic carbocycles. The molecule has 154 valence electrons. The molecule has 3 rings (SSSR count). The Hall–Kier alpha value is -2.45. The number of hydrogen-bond donors (Lipinski definition) is 2. The van der Waals surface area contributed by atoms with E-state index in [0.29, 0.717) is 21.2 Å². The van der Waals surface area contributed by atoms with Crippen molar-refractivity contribution in [1.82, 2.24) is 20.3 Å². The first-order chi connectivity index (χ1) is 13.5. The number of rotatable bonds is 4. The number of aromatic nitrogens is 3. The quantitative estimate of drug-likeness (QED) is 0.568. The number of thiophene rings is 1. The van der Waals surface area contributed by atoms with Gasteiger partial charge in [-0.2, -0.15) is 0 Å². The molecule has 0 aliphatic rings. The first-order valence-corrected chi connectivity index (χ1v) is 10.4. The van der Waals surface area contributed by atoms with Crippen LogP contribution in [0.15, 0.2) is 29.2 Å². The molecule has 0 aliphatic heterocycles. The van der Waals surface area contributed by atoms with Crippen LogP contribution in [0.1, 0.15) is 46.5 Å². The smallest absolute Gasteiger partial charge is 0.408 e. The third-order valence-corrected chi connectivity index (χ3v) is 5.42. The van der Waals surface area contributed by atoms with Gasteiger partial charge in [-0.1, -0.05) is 25.4 Å². The standard InChI is InChI=1S/C20H23ClN4O3S/c1-10(2)15(24-19(27)28-20(3,4)5)17-23-12-9-13(29-16(12)18(26)25-17)11-6-7-22-14(21)8-11/h6-10,15H,1-5H3,(H,24,27)(H,23,25,26)/t15-/m0/s1. The fourth-order valence-electron chi connectivity index (χ4n) is 2.79. The van der Waals surface area contributed by atoms with Crippen LogP contribution < -0.4 is 10.9 Å². The molecule has 0 saturated heterocycles. The van der Waals surface area contributed by atoms with Crippen molar-refractivity contribution in [3.63, 3.8) is 0 Å².